The van der Waals surface area contributed by atoms with Crippen LogP contribution in [0.1, 0.15) is 58.5 Å². The first-order valence-electron chi connectivity index (χ1n) is 11.2. The van der Waals surface area contributed by atoms with Crippen molar-refractivity contribution in [3.8, 4) is 0 Å². The Morgan fingerprint density at radius 1 is 1.32 bits per heavy atom. The van der Waals surface area contributed by atoms with E-state index in [1.807, 2.05) is 0 Å². The van der Waals surface area contributed by atoms with Gasteiger partial charge in [0, 0.05) is 44.4 Å². The number of likely N-dealkylation sites (tertiary alicyclic amines) is 1. The molecule has 0 bridgehead atoms. The number of hydrogen-bond donors (Lipinski definition) is 1. The van der Waals surface area contributed by atoms with Gasteiger partial charge in [-0.2, -0.15) is 5.10 Å². The number of carbonyl (C=O) groups is 1. The summed E-state index contributed by atoms with van der Waals surface area (Å²) < 4.78 is 18.1. The number of hydrogen-bond acceptors (Lipinski definition) is 7. The molecule has 1 fully saturated rings. The van der Waals surface area contributed by atoms with Crippen molar-refractivity contribution in [3.63, 3.8) is 0 Å². The minimum absolute atomic E-state index is 0.192. The van der Waals surface area contributed by atoms with Crippen molar-refractivity contribution in [2.45, 2.75) is 59.4 Å². The number of nitrogens with one attached hydrogen (secondary N) is 1. The molecule has 170 valence electrons. The minimum atomic E-state index is -0.192. The molecule has 0 saturated carbocycles. The van der Waals surface area contributed by atoms with Crippen molar-refractivity contribution < 1.29 is 18.8 Å². The third-order valence-electron chi connectivity index (χ3n) is 6.40. The maximum absolute atomic E-state index is 12.5. The second kappa shape index (κ2) is 9.93. The van der Waals surface area contributed by atoms with E-state index in [-0.39, 0.29) is 5.91 Å². The predicted octanol–water partition coefficient (Wildman–Crippen LogP) is 2.06. The molecule has 9 heteroatoms. The van der Waals surface area contributed by atoms with E-state index in [4.69, 9.17) is 19.1 Å². The SMILES string of the molecule is CCn1nc(CN2CCC(CNC(=O)c3noc(C)c3COC)CC2)c2c1CCOC2. The number of methoxy groups -OCH3 is 1. The van der Waals surface area contributed by atoms with E-state index in [0.717, 1.165) is 57.7 Å². The van der Waals surface area contributed by atoms with E-state index in [1.165, 1.54) is 11.3 Å². The van der Waals surface area contributed by atoms with Gasteiger partial charge in [0.2, 0.25) is 0 Å². The van der Waals surface area contributed by atoms with Crippen LogP contribution < -0.4 is 5.32 Å². The molecule has 31 heavy (non-hydrogen) atoms. The smallest absolute Gasteiger partial charge is 0.273 e. The fraction of sp³-hybridized carbons (Fsp3) is 0.682. The molecule has 4 rings (SSSR count). The number of piperidine rings is 1. The highest BCUT2D eigenvalue weighted by atomic mass is 16.5. The topological polar surface area (TPSA) is 94.7 Å². The molecule has 2 aliphatic rings. The van der Waals surface area contributed by atoms with Crippen LogP contribution in [0.3, 0.4) is 0 Å². The Labute approximate surface area is 183 Å². The maximum atomic E-state index is 12.5. The quantitative estimate of drug-likeness (QED) is 0.684. The zero-order valence-electron chi connectivity index (χ0n) is 18.8. The van der Waals surface area contributed by atoms with Crippen molar-refractivity contribution >= 4 is 5.91 Å². The zero-order chi connectivity index (χ0) is 21.8. The van der Waals surface area contributed by atoms with Gasteiger partial charge in [-0.15, -0.1) is 0 Å². The van der Waals surface area contributed by atoms with Gasteiger partial charge >= 0.3 is 0 Å². The van der Waals surface area contributed by atoms with E-state index in [2.05, 4.69) is 27.0 Å². The van der Waals surface area contributed by atoms with Gasteiger partial charge in [-0.1, -0.05) is 5.16 Å². The summed E-state index contributed by atoms with van der Waals surface area (Å²) in [5, 5.41) is 11.8. The van der Waals surface area contributed by atoms with Gasteiger partial charge in [-0.3, -0.25) is 14.4 Å². The molecule has 2 aromatic rings. The first kappa shape index (κ1) is 22.0. The van der Waals surface area contributed by atoms with E-state index in [9.17, 15) is 4.79 Å². The second-order valence-corrected chi connectivity index (χ2v) is 8.42. The van der Waals surface area contributed by atoms with Crippen molar-refractivity contribution in [1.82, 2.24) is 25.2 Å². The lowest BCUT2D eigenvalue weighted by atomic mass is 9.96. The normalized spacial score (nSPS) is 17.6. The van der Waals surface area contributed by atoms with Crippen LogP contribution >= 0.6 is 0 Å². The molecule has 0 unspecified atom stereocenters. The maximum Gasteiger partial charge on any atom is 0.273 e. The zero-order valence-corrected chi connectivity index (χ0v) is 18.8. The molecule has 0 aliphatic carbocycles. The summed E-state index contributed by atoms with van der Waals surface area (Å²) in [5.41, 5.74) is 4.84. The molecular formula is C22H33N5O4. The molecular weight excluding hydrogens is 398 g/mol. The van der Waals surface area contributed by atoms with E-state index in [0.29, 0.717) is 42.7 Å². The summed E-state index contributed by atoms with van der Waals surface area (Å²) in [7, 11) is 1.59. The van der Waals surface area contributed by atoms with Crippen molar-refractivity contribution in [2.24, 2.45) is 5.92 Å². The molecule has 9 nitrogen and oxygen atoms in total. The van der Waals surface area contributed by atoms with Gasteiger partial charge in [-0.05, 0) is 45.7 Å². The van der Waals surface area contributed by atoms with Crippen LogP contribution in [0.4, 0.5) is 0 Å². The highest BCUT2D eigenvalue weighted by Gasteiger charge is 2.26. The van der Waals surface area contributed by atoms with Crippen LogP contribution in [-0.2, 0) is 42.2 Å². The molecule has 0 atom stereocenters. The number of nitrogens with zero attached hydrogens (tertiary/aromatic N) is 4. The van der Waals surface area contributed by atoms with Crippen molar-refractivity contribution in [2.75, 3.05) is 33.4 Å². The van der Waals surface area contributed by atoms with Crippen LogP contribution in [0, 0.1) is 12.8 Å². The fourth-order valence-corrected chi connectivity index (χ4v) is 4.53. The standard InChI is InChI=1S/C22H33N5O4/c1-4-27-20-7-10-30-14-18(20)19(24-27)12-26-8-5-16(6-9-26)11-23-22(28)21-17(13-29-3)15(2)31-25-21/h16H,4-14H2,1-3H3,(H,23,28). The summed E-state index contributed by atoms with van der Waals surface area (Å²) in [6.45, 7) is 10.2. The summed E-state index contributed by atoms with van der Waals surface area (Å²) in [6, 6.07) is 0. The van der Waals surface area contributed by atoms with Crippen LogP contribution in [-0.4, -0.2) is 59.1 Å². The average molecular weight is 432 g/mol. The molecule has 4 heterocycles. The van der Waals surface area contributed by atoms with Gasteiger partial charge in [0.1, 0.15) is 5.76 Å². The van der Waals surface area contributed by atoms with Gasteiger partial charge in [0.15, 0.2) is 5.69 Å². The number of rotatable bonds is 8. The Morgan fingerprint density at radius 3 is 2.87 bits per heavy atom. The molecule has 2 aliphatic heterocycles. The number of aromatic nitrogens is 3. The Kier molecular flexibility index (Phi) is 7.04. The lowest BCUT2D eigenvalue weighted by Gasteiger charge is -2.31. The third kappa shape index (κ3) is 4.83. The molecule has 1 amide bonds. The number of fused-ring (bicyclic) bond motifs is 1. The van der Waals surface area contributed by atoms with Crippen LogP contribution in [0.2, 0.25) is 0 Å². The second-order valence-electron chi connectivity index (χ2n) is 8.42. The Morgan fingerprint density at radius 2 is 2.13 bits per heavy atom. The van der Waals surface area contributed by atoms with E-state index in [1.54, 1.807) is 14.0 Å². The largest absolute Gasteiger partial charge is 0.380 e. The van der Waals surface area contributed by atoms with Crippen molar-refractivity contribution in [3.05, 3.63) is 34.0 Å². The summed E-state index contributed by atoms with van der Waals surface area (Å²) in [4.78, 5) is 15.0. The van der Waals surface area contributed by atoms with Gasteiger partial charge in [-0.25, -0.2) is 0 Å². The molecule has 0 spiro atoms. The molecule has 2 aromatic heterocycles. The van der Waals surface area contributed by atoms with Gasteiger partial charge in [0.25, 0.3) is 5.91 Å². The summed E-state index contributed by atoms with van der Waals surface area (Å²) >= 11 is 0. The molecule has 0 aromatic carbocycles. The lowest BCUT2D eigenvalue weighted by Crippen LogP contribution is -2.38. The predicted molar refractivity (Wildman–Crippen MR) is 114 cm³/mol. The molecule has 0 radical (unpaired) electrons. The summed E-state index contributed by atoms with van der Waals surface area (Å²) in [6.07, 6.45) is 3.06. The summed E-state index contributed by atoms with van der Waals surface area (Å²) in [5.74, 6) is 0.894. The van der Waals surface area contributed by atoms with Crippen LogP contribution in [0.5, 0.6) is 0 Å². The number of amides is 1. The third-order valence-corrected chi connectivity index (χ3v) is 6.40. The van der Waals surface area contributed by atoms with Crippen LogP contribution in [0.25, 0.3) is 0 Å². The van der Waals surface area contributed by atoms with Gasteiger partial charge in [0.05, 0.1) is 31.1 Å². The monoisotopic (exact) mass is 431 g/mol. The Hall–Kier alpha value is -2.23. The lowest BCUT2D eigenvalue weighted by molar-refractivity contribution is 0.0921. The fourth-order valence-electron chi connectivity index (χ4n) is 4.53. The van der Waals surface area contributed by atoms with E-state index < -0.39 is 0 Å². The molecule has 1 saturated heterocycles. The minimum Gasteiger partial charge on any atom is -0.380 e. The Bertz CT molecular complexity index is 898. The number of carbonyl (C=O) groups excluding carboxylic acids is 1. The first-order valence-corrected chi connectivity index (χ1v) is 11.2. The van der Waals surface area contributed by atoms with Crippen LogP contribution in [0.15, 0.2) is 4.52 Å². The average Bonchev–Trinajstić information content (AvgIpc) is 3.34. The highest BCUT2D eigenvalue weighted by molar-refractivity contribution is 5.93. The Balaban J connectivity index is 1.27. The van der Waals surface area contributed by atoms with Gasteiger partial charge < -0.3 is 19.3 Å². The highest BCUT2D eigenvalue weighted by Crippen LogP contribution is 2.24. The number of aryl methyl sites for hydroxylation is 2. The van der Waals surface area contributed by atoms with E-state index >= 15 is 0 Å². The molecule has 1 N–H and O–H groups in total. The van der Waals surface area contributed by atoms with Crippen molar-refractivity contribution in [1.29, 1.82) is 0 Å². The number of ether oxygens (including phenoxy) is 2. The first-order chi connectivity index (χ1) is 15.1.